The molecule has 1 saturated heterocycles. The maximum Gasteiger partial charge on any atom is 0.0406 e. The Morgan fingerprint density at radius 1 is 1.11 bits per heavy atom. The van der Waals surface area contributed by atoms with E-state index in [1.54, 1.807) is 0 Å². The van der Waals surface area contributed by atoms with Gasteiger partial charge in [-0.1, -0.05) is 49.9 Å². The van der Waals surface area contributed by atoms with Gasteiger partial charge < -0.3 is 5.32 Å². The molecule has 0 aromatic heterocycles. The quantitative estimate of drug-likeness (QED) is 0.837. The summed E-state index contributed by atoms with van der Waals surface area (Å²) < 4.78 is 0. The molecule has 2 heteroatoms. The van der Waals surface area contributed by atoms with Crippen LogP contribution in [-0.2, 0) is 5.41 Å². The largest absolute Gasteiger partial charge is 0.313 e. The van der Waals surface area contributed by atoms with Crippen LogP contribution in [0.3, 0.4) is 0 Å². The first-order valence-corrected chi connectivity index (χ1v) is 8.10. The molecule has 2 aliphatic rings. The highest BCUT2D eigenvalue weighted by Gasteiger charge is 2.45. The van der Waals surface area contributed by atoms with Crippen LogP contribution in [0, 0.1) is 5.92 Å². The fourth-order valence-corrected chi connectivity index (χ4v) is 4.44. The van der Waals surface area contributed by atoms with Crippen LogP contribution in [0.25, 0.3) is 0 Å². The fourth-order valence-electron chi connectivity index (χ4n) is 4.32. The van der Waals surface area contributed by atoms with Crippen molar-refractivity contribution in [3.05, 3.63) is 34.9 Å². The van der Waals surface area contributed by atoms with E-state index >= 15 is 0 Å². The molecular formula is C17H24ClN. The molecule has 3 rings (SSSR count). The lowest BCUT2D eigenvalue weighted by molar-refractivity contribution is 0.199. The van der Waals surface area contributed by atoms with Crippen molar-refractivity contribution in [2.24, 2.45) is 5.92 Å². The van der Waals surface area contributed by atoms with Crippen molar-refractivity contribution >= 4 is 11.6 Å². The molecule has 2 atom stereocenters. The Balaban J connectivity index is 1.98. The van der Waals surface area contributed by atoms with E-state index < -0.39 is 0 Å². The van der Waals surface area contributed by atoms with Crippen molar-refractivity contribution in [2.45, 2.75) is 56.9 Å². The van der Waals surface area contributed by atoms with Crippen LogP contribution >= 0.6 is 11.6 Å². The van der Waals surface area contributed by atoms with Crippen molar-refractivity contribution in [3.63, 3.8) is 0 Å². The average molecular weight is 278 g/mol. The molecule has 1 heterocycles. The second-order valence-corrected chi connectivity index (χ2v) is 6.86. The molecule has 1 saturated carbocycles. The Hall–Kier alpha value is -0.530. The molecule has 104 valence electrons. The summed E-state index contributed by atoms with van der Waals surface area (Å²) in [5, 5.41) is 4.65. The normalized spacial score (nSPS) is 30.4. The van der Waals surface area contributed by atoms with Crippen LogP contribution in [0.5, 0.6) is 0 Å². The van der Waals surface area contributed by atoms with E-state index in [1.807, 2.05) is 0 Å². The second-order valence-electron chi connectivity index (χ2n) is 6.42. The number of rotatable bonds is 2. The Morgan fingerprint density at radius 3 is 2.37 bits per heavy atom. The average Bonchev–Trinajstić information content (AvgIpc) is 2.87. The lowest BCUT2D eigenvalue weighted by Gasteiger charge is -2.44. The lowest BCUT2D eigenvalue weighted by atomic mass is 9.62. The van der Waals surface area contributed by atoms with Gasteiger partial charge in [0.25, 0.3) is 0 Å². The number of nitrogens with one attached hydrogen (secondary N) is 1. The molecule has 2 unspecified atom stereocenters. The van der Waals surface area contributed by atoms with Gasteiger partial charge in [-0.25, -0.2) is 0 Å². The molecule has 1 aromatic carbocycles. The van der Waals surface area contributed by atoms with Gasteiger partial charge in [0.2, 0.25) is 0 Å². The minimum absolute atomic E-state index is 0.346. The summed E-state index contributed by atoms with van der Waals surface area (Å²) in [6, 6.07) is 9.30. The molecule has 19 heavy (non-hydrogen) atoms. The van der Waals surface area contributed by atoms with Crippen molar-refractivity contribution in [1.82, 2.24) is 5.32 Å². The standard InChI is InChI=1S/C17H24ClN/c1-13-9-12-19-16(13)17(10-3-2-4-11-17)14-5-7-15(18)8-6-14/h5-8,13,16,19H,2-4,9-12H2,1H3. The smallest absolute Gasteiger partial charge is 0.0406 e. The van der Waals surface area contributed by atoms with Crippen molar-refractivity contribution < 1.29 is 0 Å². The SMILES string of the molecule is CC1CCNC1C1(c2ccc(Cl)cc2)CCCCC1. The van der Waals surface area contributed by atoms with E-state index in [0.717, 1.165) is 10.9 Å². The van der Waals surface area contributed by atoms with Crippen LogP contribution in [-0.4, -0.2) is 12.6 Å². The summed E-state index contributed by atoms with van der Waals surface area (Å²) in [5.41, 5.74) is 1.85. The predicted molar refractivity (Wildman–Crippen MR) is 81.8 cm³/mol. The van der Waals surface area contributed by atoms with Crippen LogP contribution in [0.15, 0.2) is 24.3 Å². The van der Waals surface area contributed by atoms with Gasteiger partial charge in [-0.2, -0.15) is 0 Å². The maximum absolute atomic E-state index is 6.07. The first-order valence-electron chi connectivity index (χ1n) is 7.72. The Morgan fingerprint density at radius 2 is 1.79 bits per heavy atom. The van der Waals surface area contributed by atoms with Crippen LogP contribution < -0.4 is 5.32 Å². The number of benzene rings is 1. The molecule has 1 N–H and O–H groups in total. The van der Waals surface area contributed by atoms with Crippen molar-refractivity contribution in [3.8, 4) is 0 Å². The summed E-state index contributed by atoms with van der Waals surface area (Å²) in [6.45, 7) is 3.60. The van der Waals surface area contributed by atoms with Crippen LogP contribution in [0.4, 0.5) is 0 Å². The van der Waals surface area contributed by atoms with E-state index in [-0.39, 0.29) is 0 Å². The van der Waals surface area contributed by atoms with E-state index in [1.165, 1.54) is 50.6 Å². The molecule has 0 radical (unpaired) electrons. The van der Waals surface area contributed by atoms with Gasteiger partial charge in [-0.05, 0) is 49.4 Å². The third-order valence-electron chi connectivity index (χ3n) is 5.29. The van der Waals surface area contributed by atoms with Crippen molar-refractivity contribution in [2.75, 3.05) is 6.54 Å². The molecule has 2 fully saturated rings. The zero-order valence-electron chi connectivity index (χ0n) is 11.8. The third kappa shape index (κ3) is 2.43. The Bertz CT molecular complexity index is 419. The first kappa shape index (κ1) is 13.5. The summed E-state index contributed by atoms with van der Waals surface area (Å²) in [4.78, 5) is 0. The second kappa shape index (κ2) is 5.46. The van der Waals surface area contributed by atoms with E-state index in [9.17, 15) is 0 Å². The zero-order valence-corrected chi connectivity index (χ0v) is 12.5. The molecule has 0 spiro atoms. The van der Waals surface area contributed by atoms with Gasteiger partial charge in [-0.3, -0.25) is 0 Å². The van der Waals surface area contributed by atoms with Gasteiger partial charge in [0.1, 0.15) is 0 Å². The molecule has 1 nitrogen and oxygen atoms in total. The van der Waals surface area contributed by atoms with Gasteiger partial charge in [0.15, 0.2) is 0 Å². The highest BCUT2D eigenvalue weighted by molar-refractivity contribution is 6.30. The predicted octanol–water partition coefficient (Wildman–Crippen LogP) is 4.54. The van der Waals surface area contributed by atoms with Gasteiger partial charge in [-0.15, -0.1) is 0 Å². The number of hydrogen-bond acceptors (Lipinski definition) is 1. The Labute approximate surface area is 121 Å². The van der Waals surface area contributed by atoms with E-state index in [2.05, 4.69) is 36.5 Å². The maximum atomic E-state index is 6.07. The topological polar surface area (TPSA) is 12.0 Å². The summed E-state index contributed by atoms with van der Waals surface area (Å²) in [5.74, 6) is 0.786. The summed E-state index contributed by atoms with van der Waals surface area (Å²) >= 11 is 6.07. The fraction of sp³-hybridized carbons (Fsp3) is 0.647. The summed E-state index contributed by atoms with van der Waals surface area (Å²) in [6.07, 6.45) is 8.12. The third-order valence-corrected chi connectivity index (χ3v) is 5.55. The summed E-state index contributed by atoms with van der Waals surface area (Å²) in [7, 11) is 0. The van der Waals surface area contributed by atoms with Crippen LogP contribution in [0.1, 0.15) is 51.0 Å². The number of hydrogen-bond donors (Lipinski definition) is 1. The van der Waals surface area contributed by atoms with Crippen molar-refractivity contribution in [1.29, 1.82) is 0 Å². The molecule has 0 amide bonds. The minimum Gasteiger partial charge on any atom is -0.313 e. The highest BCUT2D eigenvalue weighted by Crippen LogP contribution is 2.46. The molecule has 0 bridgehead atoms. The zero-order chi connectivity index (χ0) is 13.3. The Kier molecular flexibility index (Phi) is 3.86. The highest BCUT2D eigenvalue weighted by atomic mass is 35.5. The molecule has 1 aromatic rings. The lowest BCUT2D eigenvalue weighted by Crippen LogP contribution is -2.49. The van der Waals surface area contributed by atoms with Gasteiger partial charge >= 0.3 is 0 Å². The molecule has 1 aliphatic heterocycles. The van der Waals surface area contributed by atoms with Crippen LogP contribution in [0.2, 0.25) is 5.02 Å². The van der Waals surface area contributed by atoms with E-state index in [4.69, 9.17) is 11.6 Å². The molecular weight excluding hydrogens is 254 g/mol. The molecule has 1 aliphatic carbocycles. The van der Waals surface area contributed by atoms with Gasteiger partial charge in [0, 0.05) is 16.5 Å². The number of halogens is 1. The monoisotopic (exact) mass is 277 g/mol. The van der Waals surface area contributed by atoms with E-state index in [0.29, 0.717) is 11.5 Å². The first-order chi connectivity index (χ1) is 9.22. The minimum atomic E-state index is 0.346. The van der Waals surface area contributed by atoms with Gasteiger partial charge in [0.05, 0.1) is 0 Å².